The minimum absolute atomic E-state index is 0.284. The van der Waals surface area contributed by atoms with Crippen LogP contribution in [0.2, 0.25) is 0 Å². The van der Waals surface area contributed by atoms with Crippen LogP contribution in [0.3, 0.4) is 0 Å². The molecule has 1 aromatic rings. The van der Waals surface area contributed by atoms with Crippen LogP contribution < -0.4 is 0 Å². The largest absolute Gasteiger partial charge is 0.462 e. The van der Waals surface area contributed by atoms with Crippen LogP contribution >= 0.6 is 0 Å². The van der Waals surface area contributed by atoms with E-state index < -0.39 is 0 Å². The number of ether oxygens (including phenoxy) is 1. The van der Waals surface area contributed by atoms with Gasteiger partial charge in [-0.25, -0.2) is 4.79 Å². The van der Waals surface area contributed by atoms with E-state index in [2.05, 4.69) is 21.9 Å². The Balaban J connectivity index is 1.91. The Morgan fingerprint density at radius 1 is 1.43 bits per heavy atom. The van der Waals surface area contributed by atoms with Crippen molar-refractivity contribution in [3.8, 4) is 0 Å². The van der Waals surface area contributed by atoms with E-state index in [1.807, 2.05) is 14.0 Å². The van der Waals surface area contributed by atoms with Crippen LogP contribution in [0.4, 0.5) is 0 Å². The first-order valence-corrected chi connectivity index (χ1v) is 7.70. The molecule has 0 N–H and O–H groups in total. The Labute approximate surface area is 126 Å². The molecule has 118 valence electrons. The Bertz CT molecular complexity index is 466. The number of hydrogen-bond acceptors (Lipinski definition) is 5. The van der Waals surface area contributed by atoms with Gasteiger partial charge in [-0.15, -0.1) is 0 Å². The molecular formula is C15H26N4O2. The summed E-state index contributed by atoms with van der Waals surface area (Å²) in [5, 5.41) is 4.19. The number of carbonyl (C=O) groups excluding carboxylic acids is 1. The molecule has 1 aliphatic rings. The van der Waals surface area contributed by atoms with Crippen molar-refractivity contribution in [3.63, 3.8) is 0 Å². The van der Waals surface area contributed by atoms with Gasteiger partial charge in [-0.3, -0.25) is 9.58 Å². The summed E-state index contributed by atoms with van der Waals surface area (Å²) in [4.78, 5) is 16.7. The average Bonchev–Trinajstić information content (AvgIpc) is 3.08. The lowest BCUT2D eigenvalue weighted by Crippen LogP contribution is -2.32. The number of aromatic nitrogens is 2. The fourth-order valence-corrected chi connectivity index (χ4v) is 2.68. The molecule has 1 aliphatic heterocycles. The van der Waals surface area contributed by atoms with E-state index in [1.54, 1.807) is 10.9 Å². The summed E-state index contributed by atoms with van der Waals surface area (Å²) < 4.78 is 6.85. The van der Waals surface area contributed by atoms with E-state index in [0.29, 0.717) is 18.7 Å². The highest BCUT2D eigenvalue weighted by atomic mass is 16.5. The number of carbonyl (C=O) groups is 1. The Morgan fingerprint density at radius 3 is 2.81 bits per heavy atom. The van der Waals surface area contributed by atoms with Crippen molar-refractivity contribution in [2.75, 3.05) is 39.8 Å². The first-order chi connectivity index (χ1) is 10.1. The predicted molar refractivity (Wildman–Crippen MR) is 81.2 cm³/mol. The molecule has 1 fully saturated rings. The molecule has 1 saturated heterocycles. The summed E-state index contributed by atoms with van der Waals surface area (Å²) in [5.74, 6) is -0.284. The maximum atomic E-state index is 11.9. The molecule has 0 atom stereocenters. The Hall–Kier alpha value is -1.40. The molecule has 21 heavy (non-hydrogen) atoms. The van der Waals surface area contributed by atoms with Crippen LogP contribution in [0.1, 0.15) is 35.8 Å². The second-order valence-electron chi connectivity index (χ2n) is 5.64. The number of likely N-dealkylation sites (tertiary alicyclic amines) is 1. The van der Waals surface area contributed by atoms with E-state index in [4.69, 9.17) is 4.74 Å². The summed E-state index contributed by atoms with van der Waals surface area (Å²) >= 11 is 0. The van der Waals surface area contributed by atoms with Gasteiger partial charge in [0.1, 0.15) is 5.56 Å². The normalized spacial score (nSPS) is 15.8. The second kappa shape index (κ2) is 7.56. The first-order valence-electron chi connectivity index (χ1n) is 7.70. The lowest BCUT2D eigenvalue weighted by Gasteiger charge is -2.21. The first kappa shape index (κ1) is 16.0. The topological polar surface area (TPSA) is 50.6 Å². The lowest BCUT2D eigenvalue weighted by molar-refractivity contribution is 0.0524. The molecule has 0 bridgehead atoms. The van der Waals surface area contributed by atoms with Gasteiger partial charge in [0.2, 0.25) is 0 Å². The van der Waals surface area contributed by atoms with Gasteiger partial charge in [0.15, 0.2) is 0 Å². The monoisotopic (exact) mass is 294 g/mol. The zero-order valence-electron chi connectivity index (χ0n) is 13.3. The molecule has 0 spiro atoms. The molecule has 0 aliphatic carbocycles. The van der Waals surface area contributed by atoms with E-state index in [0.717, 1.165) is 18.8 Å². The number of esters is 1. The summed E-state index contributed by atoms with van der Waals surface area (Å²) in [5.41, 5.74) is 1.49. The maximum Gasteiger partial charge on any atom is 0.341 e. The van der Waals surface area contributed by atoms with Crippen molar-refractivity contribution >= 4 is 5.97 Å². The average molecular weight is 294 g/mol. The molecule has 6 heteroatoms. The van der Waals surface area contributed by atoms with Crippen LogP contribution in [0.25, 0.3) is 0 Å². The molecular weight excluding hydrogens is 268 g/mol. The van der Waals surface area contributed by atoms with Crippen molar-refractivity contribution < 1.29 is 9.53 Å². The summed E-state index contributed by atoms with van der Waals surface area (Å²) in [6, 6.07) is 0. The quantitative estimate of drug-likeness (QED) is 0.706. The number of nitrogens with zero attached hydrogens (tertiary/aromatic N) is 4. The highest BCUT2D eigenvalue weighted by Gasteiger charge is 2.19. The predicted octanol–water partition coefficient (Wildman–Crippen LogP) is 1.12. The molecule has 1 aromatic heterocycles. The summed E-state index contributed by atoms with van der Waals surface area (Å²) in [6.45, 7) is 7.42. The number of hydrogen-bond donors (Lipinski definition) is 0. The van der Waals surface area contributed by atoms with Gasteiger partial charge in [0.05, 0.1) is 18.5 Å². The number of aryl methyl sites for hydroxylation is 1. The molecule has 0 radical (unpaired) electrons. The second-order valence-corrected chi connectivity index (χ2v) is 5.64. The number of likely N-dealkylation sites (N-methyl/N-ethyl adjacent to an activating group) is 1. The third kappa shape index (κ3) is 4.28. The van der Waals surface area contributed by atoms with Crippen LogP contribution in [-0.4, -0.2) is 65.4 Å². The third-order valence-electron chi connectivity index (χ3n) is 3.97. The molecule has 0 unspecified atom stereocenters. The fourth-order valence-electron chi connectivity index (χ4n) is 2.68. The van der Waals surface area contributed by atoms with Crippen molar-refractivity contribution in [1.82, 2.24) is 19.6 Å². The minimum Gasteiger partial charge on any atom is -0.462 e. The molecule has 2 rings (SSSR count). The Morgan fingerprint density at radius 2 is 2.14 bits per heavy atom. The van der Waals surface area contributed by atoms with Crippen LogP contribution in [0, 0.1) is 0 Å². The van der Waals surface area contributed by atoms with Gasteiger partial charge in [0, 0.05) is 26.7 Å². The van der Waals surface area contributed by atoms with Gasteiger partial charge >= 0.3 is 5.97 Å². The standard InChI is InChI=1S/C15H26N4O2/c1-4-21-15(20)13-11-16-18(3)14(13)12-17(2)9-10-19-7-5-6-8-19/h11H,4-10,12H2,1-3H3. The van der Waals surface area contributed by atoms with Gasteiger partial charge in [-0.1, -0.05) is 0 Å². The van der Waals surface area contributed by atoms with Gasteiger partial charge in [-0.05, 0) is 39.9 Å². The third-order valence-corrected chi connectivity index (χ3v) is 3.97. The van der Waals surface area contributed by atoms with Crippen molar-refractivity contribution in [1.29, 1.82) is 0 Å². The fraction of sp³-hybridized carbons (Fsp3) is 0.733. The maximum absolute atomic E-state index is 11.9. The highest BCUT2D eigenvalue weighted by molar-refractivity contribution is 5.90. The van der Waals surface area contributed by atoms with Gasteiger partial charge in [0.25, 0.3) is 0 Å². The van der Waals surface area contributed by atoms with Gasteiger partial charge < -0.3 is 9.64 Å². The zero-order valence-corrected chi connectivity index (χ0v) is 13.3. The SMILES string of the molecule is CCOC(=O)c1cnn(C)c1CN(C)CCN1CCCC1. The highest BCUT2D eigenvalue weighted by Crippen LogP contribution is 2.12. The number of rotatable bonds is 7. The van der Waals surface area contributed by atoms with Crippen LogP contribution in [-0.2, 0) is 18.3 Å². The van der Waals surface area contributed by atoms with Gasteiger partial charge in [-0.2, -0.15) is 5.10 Å². The van der Waals surface area contributed by atoms with E-state index >= 15 is 0 Å². The van der Waals surface area contributed by atoms with Crippen molar-refractivity contribution in [2.45, 2.75) is 26.3 Å². The van der Waals surface area contributed by atoms with E-state index in [9.17, 15) is 4.79 Å². The van der Waals surface area contributed by atoms with Crippen LogP contribution in [0.5, 0.6) is 0 Å². The molecule has 2 heterocycles. The van der Waals surface area contributed by atoms with E-state index in [-0.39, 0.29) is 5.97 Å². The van der Waals surface area contributed by atoms with Crippen molar-refractivity contribution in [2.24, 2.45) is 7.05 Å². The molecule has 0 amide bonds. The van der Waals surface area contributed by atoms with Crippen LogP contribution in [0.15, 0.2) is 6.20 Å². The molecule has 6 nitrogen and oxygen atoms in total. The van der Waals surface area contributed by atoms with E-state index in [1.165, 1.54) is 25.9 Å². The zero-order chi connectivity index (χ0) is 15.2. The smallest absolute Gasteiger partial charge is 0.341 e. The summed E-state index contributed by atoms with van der Waals surface area (Å²) in [6.07, 6.45) is 4.23. The minimum atomic E-state index is -0.284. The summed E-state index contributed by atoms with van der Waals surface area (Å²) in [7, 11) is 3.95. The van der Waals surface area contributed by atoms with Crippen molar-refractivity contribution in [3.05, 3.63) is 17.5 Å². The molecule has 0 saturated carbocycles. The molecule has 0 aromatic carbocycles. The Kier molecular flexibility index (Phi) is 5.76. The lowest BCUT2D eigenvalue weighted by atomic mass is 10.2.